The summed E-state index contributed by atoms with van der Waals surface area (Å²) in [5, 5.41) is 7.10. The van der Waals surface area contributed by atoms with Crippen molar-refractivity contribution in [2.75, 3.05) is 12.3 Å². The van der Waals surface area contributed by atoms with Crippen LogP contribution in [0.3, 0.4) is 0 Å². The smallest absolute Gasteiger partial charge is 0.315 e. The molecule has 0 unspecified atom stereocenters. The van der Waals surface area contributed by atoms with Gasteiger partial charge in [-0.05, 0) is 39.2 Å². The minimum Gasteiger partial charge on any atom is -0.382 e. The number of hydroxylamine groups is 1. The number of nitrogens with two attached hydrogens (primary N) is 1. The number of imidazole rings is 1. The van der Waals surface area contributed by atoms with Crippen molar-refractivity contribution in [3.63, 3.8) is 0 Å². The van der Waals surface area contributed by atoms with Crippen LogP contribution in [0.5, 0.6) is 0 Å². The van der Waals surface area contributed by atoms with Gasteiger partial charge in [-0.15, -0.1) is 0 Å². The average molecular weight is 454 g/mol. The summed E-state index contributed by atoms with van der Waals surface area (Å²) in [6.45, 7) is 5.58. The molecule has 2 heterocycles. The Hall–Kier alpha value is -2.91. The number of nitrogens with one attached hydrogen (secondary N) is 3. The molecule has 2 aromatic heterocycles. The topological polar surface area (TPSA) is 119 Å². The molecule has 9 heteroatoms. The molecule has 178 valence electrons. The Morgan fingerprint density at radius 1 is 1.21 bits per heavy atom. The molecule has 1 fully saturated rings. The van der Waals surface area contributed by atoms with Gasteiger partial charge < -0.3 is 20.9 Å². The number of para-hydroxylation sites is 1. The Labute approximate surface area is 194 Å². The minimum absolute atomic E-state index is 0.0824. The predicted octanol–water partition coefficient (Wildman–Crippen LogP) is 3.62. The Balaban J connectivity index is 1.48. The quantitative estimate of drug-likeness (QED) is 0.290. The number of benzene rings is 1. The van der Waals surface area contributed by atoms with Crippen molar-refractivity contribution in [3.05, 3.63) is 30.1 Å². The van der Waals surface area contributed by atoms with Gasteiger partial charge in [0.2, 0.25) is 0 Å². The number of anilines is 1. The highest BCUT2D eigenvalue weighted by Gasteiger charge is 2.18. The summed E-state index contributed by atoms with van der Waals surface area (Å²) < 4.78 is 2.14. The van der Waals surface area contributed by atoms with Crippen LogP contribution in [0.25, 0.3) is 21.9 Å². The third kappa shape index (κ3) is 5.72. The van der Waals surface area contributed by atoms with E-state index in [4.69, 9.17) is 15.6 Å². The van der Waals surface area contributed by atoms with Crippen molar-refractivity contribution in [3.8, 4) is 0 Å². The average Bonchev–Trinajstić information content (AvgIpc) is 3.16. The molecular weight excluding hydrogens is 418 g/mol. The number of rotatable bonds is 9. The van der Waals surface area contributed by atoms with Crippen molar-refractivity contribution in [1.29, 1.82) is 0 Å². The molecule has 0 saturated heterocycles. The number of hydrogen-bond donors (Lipinski definition) is 4. The molecule has 0 radical (unpaired) electrons. The lowest BCUT2D eigenvalue weighted by molar-refractivity contribution is 0.00662. The number of carbonyl (C=O) groups excluding carboxylic acids is 1. The number of aromatic nitrogens is 3. The summed E-state index contributed by atoms with van der Waals surface area (Å²) >= 11 is 0. The molecule has 3 aromatic rings. The highest BCUT2D eigenvalue weighted by molar-refractivity contribution is 6.06. The highest BCUT2D eigenvalue weighted by Crippen LogP contribution is 2.29. The van der Waals surface area contributed by atoms with E-state index in [0.29, 0.717) is 37.1 Å². The van der Waals surface area contributed by atoms with Crippen molar-refractivity contribution < 1.29 is 9.63 Å². The van der Waals surface area contributed by atoms with Crippen LogP contribution in [0.2, 0.25) is 0 Å². The second-order valence-electron chi connectivity index (χ2n) is 9.04. The highest BCUT2D eigenvalue weighted by atomic mass is 16.6. The second kappa shape index (κ2) is 10.8. The maximum atomic E-state index is 12.3. The summed E-state index contributed by atoms with van der Waals surface area (Å²) in [6.07, 6.45) is 6.56. The Morgan fingerprint density at radius 2 is 2.00 bits per heavy atom. The number of urea groups is 1. The Kier molecular flexibility index (Phi) is 7.61. The van der Waals surface area contributed by atoms with E-state index in [9.17, 15) is 4.79 Å². The van der Waals surface area contributed by atoms with Crippen molar-refractivity contribution in [1.82, 2.24) is 30.6 Å². The van der Waals surface area contributed by atoms with Crippen LogP contribution >= 0.6 is 0 Å². The molecule has 4 rings (SSSR count). The molecule has 0 aliphatic heterocycles. The Morgan fingerprint density at radius 3 is 2.79 bits per heavy atom. The first-order valence-corrected chi connectivity index (χ1v) is 12.0. The molecule has 2 amide bonds. The second-order valence-corrected chi connectivity index (χ2v) is 9.04. The summed E-state index contributed by atoms with van der Waals surface area (Å²) in [6, 6.07) is 8.35. The molecular formula is C24H35N7O2. The van der Waals surface area contributed by atoms with Crippen LogP contribution in [0, 0.1) is 0 Å². The van der Waals surface area contributed by atoms with E-state index >= 15 is 0 Å². The summed E-state index contributed by atoms with van der Waals surface area (Å²) in [4.78, 5) is 27.2. The van der Waals surface area contributed by atoms with Gasteiger partial charge in [-0.1, -0.05) is 37.5 Å². The van der Waals surface area contributed by atoms with Crippen LogP contribution in [0.15, 0.2) is 24.3 Å². The molecule has 1 aliphatic carbocycles. The molecule has 33 heavy (non-hydrogen) atoms. The maximum Gasteiger partial charge on any atom is 0.315 e. The number of aryl methyl sites for hydroxylation is 1. The van der Waals surface area contributed by atoms with Gasteiger partial charge in [0.05, 0.1) is 11.0 Å². The maximum absolute atomic E-state index is 12.3. The third-order valence-corrected chi connectivity index (χ3v) is 5.99. The van der Waals surface area contributed by atoms with Gasteiger partial charge in [0, 0.05) is 30.6 Å². The van der Waals surface area contributed by atoms with E-state index in [2.05, 4.69) is 25.7 Å². The van der Waals surface area contributed by atoms with Gasteiger partial charge >= 0.3 is 6.03 Å². The molecule has 1 saturated carbocycles. The van der Waals surface area contributed by atoms with Crippen LogP contribution in [-0.2, 0) is 18.0 Å². The number of carbonyl (C=O) groups is 1. The standard InChI is InChI=1S/C24H35N7O2/c1-16(2)30-33-15-20-29-21-22(18-11-6-7-12-19(18)28-23(21)25)31(20)14-8-13-26-24(32)27-17-9-4-3-5-10-17/h6-7,11-12,16-17,30H,3-5,8-10,13-15H2,1-2H3,(H2,25,28)(H2,26,27,32). The fourth-order valence-electron chi connectivity index (χ4n) is 4.45. The zero-order chi connectivity index (χ0) is 23.2. The monoisotopic (exact) mass is 453 g/mol. The van der Waals surface area contributed by atoms with Crippen molar-refractivity contribution >= 4 is 33.8 Å². The van der Waals surface area contributed by atoms with Gasteiger partial charge in [-0.2, -0.15) is 5.48 Å². The number of hydrogen-bond acceptors (Lipinski definition) is 6. The predicted molar refractivity (Wildman–Crippen MR) is 131 cm³/mol. The van der Waals surface area contributed by atoms with Crippen molar-refractivity contribution in [2.45, 2.75) is 77.6 Å². The number of fused-ring (bicyclic) bond motifs is 3. The lowest BCUT2D eigenvalue weighted by atomic mass is 9.96. The third-order valence-electron chi connectivity index (χ3n) is 5.99. The molecule has 0 bridgehead atoms. The summed E-state index contributed by atoms with van der Waals surface area (Å²) in [5.74, 6) is 1.18. The van der Waals surface area contributed by atoms with E-state index in [1.165, 1.54) is 19.3 Å². The first-order chi connectivity index (χ1) is 16.0. The normalized spacial score (nSPS) is 14.9. The molecule has 0 spiro atoms. The molecule has 0 atom stereocenters. The van der Waals surface area contributed by atoms with Gasteiger partial charge in [-0.3, -0.25) is 4.84 Å². The minimum atomic E-state index is -0.0824. The first kappa shape index (κ1) is 23.3. The fraction of sp³-hybridized carbons (Fsp3) is 0.542. The van der Waals surface area contributed by atoms with Crippen LogP contribution in [-0.4, -0.2) is 39.2 Å². The van der Waals surface area contributed by atoms with Crippen LogP contribution in [0.4, 0.5) is 10.6 Å². The van der Waals surface area contributed by atoms with E-state index < -0.39 is 0 Å². The number of pyridine rings is 1. The van der Waals surface area contributed by atoms with E-state index in [1.807, 2.05) is 38.1 Å². The number of amides is 2. The Bertz CT molecular complexity index is 1090. The van der Waals surface area contributed by atoms with E-state index in [-0.39, 0.29) is 12.1 Å². The largest absolute Gasteiger partial charge is 0.382 e. The van der Waals surface area contributed by atoms with E-state index in [1.54, 1.807) is 0 Å². The van der Waals surface area contributed by atoms with Crippen molar-refractivity contribution in [2.24, 2.45) is 0 Å². The SMILES string of the molecule is CC(C)NOCc1nc2c(N)nc3ccccc3c2n1CCCNC(=O)NC1CCCCC1. The van der Waals surface area contributed by atoms with E-state index in [0.717, 1.165) is 41.5 Å². The molecule has 5 N–H and O–H groups in total. The van der Waals surface area contributed by atoms with Crippen LogP contribution < -0.4 is 21.8 Å². The summed E-state index contributed by atoms with van der Waals surface area (Å²) in [5.41, 5.74) is 11.7. The number of nitrogen functional groups attached to an aromatic ring is 1. The fourth-order valence-corrected chi connectivity index (χ4v) is 4.45. The summed E-state index contributed by atoms with van der Waals surface area (Å²) in [7, 11) is 0. The molecule has 1 aromatic carbocycles. The molecule has 9 nitrogen and oxygen atoms in total. The van der Waals surface area contributed by atoms with Gasteiger partial charge in [0.25, 0.3) is 0 Å². The van der Waals surface area contributed by atoms with Gasteiger partial charge in [0.15, 0.2) is 5.82 Å². The molecule has 1 aliphatic rings. The first-order valence-electron chi connectivity index (χ1n) is 12.0. The van der Waals surface area contributed by atoms with Gasteiger partial charge in [-0.25, -0.2) is 14.8 Å². The lowest BCUT2D eigenvalue weighted by Crippen LogP contribution is -2.43. The number of nitrogens with zero attached hydrogens (tertiary/aromatic N) is 3. The zero-order valence-electron chi connectivity index (χ0n) is 19.6. The zero-order valence-corrected chi connectivity index (χ0v) is 19.6. The lowest BCUT2D eigenvalue weighted by Gasteiger charge is -2.22. The van der Waals surface area contributed by atoms with Crippen LogP contribution in [0.1, 0.15) is 58.2 Å². The van der Waals surface area contributed by atoms with Gasteiger partial charge in [0.1, 0.15) is 17.9 Å².